The predicted octanol–water partition coefficient (Wildman–Crippen LogP) is 2.42. The smallest absolute Gasteiger partial charge is 0.226 e. The Morgan fingerprint density at radius 1 is 1.44 bits per heavy atom. The second-order valence-electron chi connectivity index (χ2n) is 4.12. The van der Waals surface area contributed by atoms with E-state index in [1.807, 2.05) is 36.2 Å². The fourth-order valence-corrected chi connectivity index (χ4v) is 1.85. The Morgan fingerprint density at radius 2 is 2.28 bits per heavy atom. The van der Waals surface area contributed by atoms with Crippen molar-refractivity contribution in [1.82, 2.24) is 9.88 Å². The van der Waals surface area contributed by atoms with E-state index in [0.717, 1.165) is 11.3 Å². The van der Waals surface area contributed by atoms with Gasteiger partial charge in [-0.2, -0.15) is 0 Å². The molecule has 0 aliphatic rings. The fraction of sp³-hybridized carbons (Fsp3) is 0.308. The Labute approximate surface area is 111 Å². The van der Waals surface area contributed by atoms with Crippen LogP contribution in [-0.2, 0) is 6.54 Å². The van der Waals surface area contributed by atoms with Crippen molar-refractivity contribution in [2.75, 3.05) is 20.2 Å². The van der Waals surface area contributed by atoms with E-state index in [-0.39, 0.29) is 6.61 Å². The monoisotopic (exact) mass is 266 g/mol. The zero-order valence-corrected chi connectivity index (χ0v) is 10.9. The Hall–Kier alpha value is -1.36. The lowest BCUT2D eigenvalue weighted by molar-refractivity contribution is 0.216. The number of aliphatic hydroxyl groups excluding tert-OH is 1. The number of halogens is 1. The third kappa shape index (κ3) is 3.32. The molecule has 0 bridgehead atoms. The zero-order valence-electron chi connectivity index (χ0n) is 10.1. The first kappa shape index (κ1) is 13.1. The van der Waals surface area contributed by atoms with Gasteiger partial charge in [0.2, 0.25) is 5.89 Å². The van der Waals surface area contributed by atoms with Crippen molar-refractivity contribution < 1.29 is 9.52 Å². The average molecular weight is 267 g/mol. The minimum Gasteiger partial charge on any atom is -0.444 e. The van der Waals surface area contributed by atoms with E-state index >= 15 is 0 Å². The van der Waals surface area contributed by atoms with E-state index < -0.39 is 0 Å². The highest BCUT2D eigenvalue weighted by Crippen LogP contribution is 2.22. The molecule has 4 nitrogen and oxygen atoms in total. The topological polar surface area (TPSA) is 49.5 Å². The van der Waals surface area contributed by atoms with Gasteiger partial charge in [-0.25, -0.2) is 4.98 Å². The molecule has 0 unspecified atom stereocenters. The maximum atomic E-state index is 8.83. The molecule has 0 amide bonds. The molecule has 0 atom stereocenters. The van der Waals surface area contributed by atoms with Crippen LogP contribution in [0.15, 0.2) is 34.9 Å². The first-order valence-corrected chi connectivity index (χ1v) is 6.06. The average Bonchev–Trinajstić information content (AvgIpc) is 2.78. The van der Waals surface area contributed by atoms with Crippen molar-refractivity contribution in [3.63, 3.8) is 0 Å². The molecular formula is C13H15ClN2O2. The van der Waals surface area contributed by atoms with Crippen LogP contribution < -0.4 is 0 Å². The van der Waals surface area contributed by atoms with E-state index in [2.05, 4.69) is 4.98 Å². The molecule has 18 heavy (non-hydrogen) atoms. The standard InChI is InChI=1S/C13H15ClN2O2/c1-16(5-6-17)8-12-9-18-13(15-12)10-3-2-4-11(14)7-10/h2-4,7,9,17H,5-6,8H2,1H3. The van der Waals surface area contributed by atoms with Gasteiger partial charge in [0.1, 0.15) is 6.26 Å². The van der Waals surface area contributed by atoms with Crippen molar-refractivity contribution in [1.29, 1.82) is 0 Å². The lowest BCUT2D eigenvalue weighted by Gasteiger charge is -2.11. The van der Waals surface area contributed by atoms with Crippen molar-refractivity contribution in [3.8, 4) is 11.5 Å². The Kier molecular flexibility index (Phi) is 4.36. The lowest BCUT2D eigenvalue weighted by atomic mass is 10.2. The van der Waals surface area contributed by atoms with Gasteiger partial charge in [-0.3, -0.25) is 4.90 Å². The molecule has 1 aromatic heterocycles. The summed E-state index contributed by atoms with van der Waals surface area (Å²) < 4.78 is 5.43. The predicted molar refractivity (Wildman–Crippen MR) is 70.4 cm³/mol. The number of likely N-dealkylation sites (N-methyl/N-ethyl adjacent to an activating group) is 1. The first-order valence-electron chi connectivity index (χ1n) is 5.69. The van der Waals surface area contributed by atoms with Crippen LogP contribution in [0.5, 0.6) is 0 Å². The third-order valence-electron chi connectivity index (χ3n) is 2.54. The van der Waals surface area contributed by atoms with Crippen LogP contribution in [0.1, 0.15) is 5.69 Å². The number of benzene rings is 1. The number of hydrogen-bond acceptors (Lipinski definition) is 4. The van der Waals surface area contributed by atoms with E-state index in [1.165, 1.54) is 0 Å². The summed E-state index contributed by atoms with van der Waals surface area (Å²) in [6, 6.07) is 7.39. The molecule has 0 aliphatic carbocycles. The molecule has 96 valence electrons. The van der Waals surface area contributed by atoms with Crippen LogP contribution in [0.2, 0.25) is 5.02 Å². The third-order valence-corrected chi connectivity index (χ3v) is 2.77. The van der Waals surface area contributed by atoms with Crippen molar-refractivity contribution >= 4 is 11.6 Å². The molecule has 1 heterocycles. The van der Waals surface area contributed by atoms with Gasteiger partial charge in [0, 0.05) is 23.7 Å². The lowest BCUT2D eigenvalue weighted by Crippen LogP contribution is -2.21. The van der Waals surface area contributed by atoms with Gasteiger partial charge in [-0.15, -0.1) is 0 Å². The number of hydrogen-bond donors (Lipinski definition) is 1. The minimum atomic E-state index is 0.134. The highest BCUT2D eigenvalue weighted by Gasteiger charge is 2.08. The molecule has 0 spiro atoms. The van der Waals surface area contributed by atoms with Gasteiger partial charge in [-0.05, 0) is 25.2 Å². The van der Waals surface area contributed by atoms with Crippen LogP contribution in [0.3, 0.4) is 0 Å². The quantitative estimate of drug-likeness (QED) is 0.903. The summed E-state index contributed by atoms with van der Waals surface area (Å²) in [5.74, 6) is 0.560. The van der Waals surface area contributed by atoms with Gasteiger partial charge in [0.15, 0.2) is 0 Å². The number of rotatable bonds is 5. The largest absolute Gasteiger partial charge is 0.444 e. The summed E-state index contributed by atoms with van der Waals surface area (Å²) in [4.78, 5) is 6.37. The van der Waals surface area contributed by atoms with E-state index in [1.54, 1.807) is 6.26 Å². The summed E-state index contributed by atoms with van der Waals surface area (Å²) in [5.41, 5.74) is 1.69. The summed E-state index contributed by atoms with van der Waals surface area (Å²) >= 11 is 5.92. The van der Waals surface area contributed by atoms with Crippen molar-refractivity contribution in [3.05, 3.63) is 41.2 Å². The van der Waals surface area contributed by atoms with Crippen LogP contribution in [-0.4, -0.2) is 35.2 Å². The summed E-state index contributed by atoms with van der Waals surface area (Å²) in [5, 5.41) is 9.49. The molecule has 5 heteroatoms. The molecule has 1 N–H and O–H groups in total. The SMILES string of the molecule is CN(CCO)Cc1coc(-c2cccc(Cl)c2)n1. The van der Waals surface area contributed by atoms with Crippen LogP contribution in [0.4, 0.5) is 0 Å². The second-order valence-corrected chi connectivity index (χ2v) is 4.55. The molecule has 0 radical (unpaired) electrons. The number of oxazole rings is 1. The fourth-order valence-electron chi connectivity index (χ4n) is 1.66. The molecule has 0 saturated carbocycles. The summed E-state index contributed by atoms with van der Waals surface area (Å²) in [7, 11) is 1.92. The van der Waals surface area contributed by atoms with Crippen LogP contribution in [0, 0.1) is 0 Å². The molecular weight excluding hydrogens is 252 g/mol. The second kappa shape index (κ2) is 6.00. The van der Waals surface area contributed by atoms with Crippen LogP contribution in [0.25, 0.3) is 11.5 Å². The van der Waals surface area contributed by atoms with E-state index in [9.17, 15) is 0 Å². The molecule has 2 rings (SSSR count). The maximum absolute atomic E-state index is 8.83. The van der Waals surface area contributed by atoms with Crippen LogP contribution >= 0.6 is 11.6 Å². The Balaban J connectivity index is 2.10. The van der Waals surface area contributed by atoms with Gasteiger partial charge in [-0.1, -0.05) is 17.7 Å². The van der Waals surface area contributed by atoms with Crippen molar-refractivity contribution in [2.24, 2.45) is 0 Å². The zero-order chi connectivity index (χ0) is 13.0. The molecule has 2 aromatic rings. The maximum Gasteiger partial charge on any atom is 0.226 e. The Bertz CT molecular complexity index is 513. The molecule has 1 aromatic carbocycles. The minimum absolute atomic E-state index is 0.134. The van der Waals surface area contributed by atoms with Gasteiger partial charge in [0.25, 0.3) is 0 Å². The van der Waals surface area contributed by atoms with Gasteiger partial charge < -0.3 is 9.52 Å². The van der Waals surface area contributed by atoms with Crippen molar-refractivity contribution in [2.45, 2.75) is 6.54 Å². The summed E-state index contributed by atoms with van der Waals surface area (Å²) in [6.45, 7) is 1.39. The van der Waals surface area contributed by atoms with E-state index in [4.69, 9.17) is 21.1 Å². The van der Waals surface area contributed by atoms with Gasteiger partial charge in [0.05, 0.1) is 12.3 Å². The Morgan fingerprint density at radius 3 is 3.00 bits per heavy atom. The first-order chi connectivity index (χ1) is 8.69. The highest BCUT2D eigenvalue weighted by molar-refractivity contribution is 6.30. The highest BCUT2D eigenvalue weighted by atomic mass is 35.5. The van der Waals surface area contributed by atoms with Gasteiger partial charge >= 0.3 is 0 Å². The molecule has 0 saturated heterocycles. The molecule has 0 aliphatic heterocycles. The number of aromatic nitrogens is 1. The van der Waals surface area contributed by atoms with E-state index in [0.29, 0.717) is 24.0 Å². The number of aliphatic hydroxyl groups is 1. The molecule has 0 fully saturated rings. The summed E-state index contributed by atoms with van der Waals surface area (Å²) in [6.07, 6.45) is 1.63. The normalized spacial score (nSPS) is 11.1. The number of nitrogens with zero attached hydrogens (tertiary/aromatic N) is 2.